The van der Waals surface area contributed by atoms with E-state index < -0.39 is 0 Å². The molecule has 1 aromatic rings. The van der Waals surface area contributed by atoms with E-state index in [1.807, 2.05) is 6.92 Å². The van der Waals surface area contributed by atoms with Crippen LogP contribution in [0.5, 0.6) is 0 Å². The lowest BCUT2D eigenvalue weighted by Crippen LogP contribution is -2.38. The number of nitrogens with one attached hydrogen (secondary N) is 1. The number of hydrogen-bond acceptors (Lipinski definition) is 2. The summed E-state index contributed by atoms with van der Waals surface area (Å²) in [7, 11) is 2.06. The number of hydrogen-bond donors (Lipinski definition) is 1. The lowest BCUT2D eigenvalue weighted by Gasteiger charge is -2.23. The zero-order chi connectivity index (χ0) is 14.8. The molecular formula is C16H27N3O. The van der Waals surface area contributed by atoms with E-state index in [2.05, 4.69) is 60.4 Å². The van der Waals surface area contributed by atoms with Crippen molar-refractivity contribution in [3.05, 3.63) is 35.4 Å². The number of aryl methyl sites for hydroxylation is 1. The van der Waals surface area contributed by atoms with Crippen LogP contribution in [-0.2, 0) is 11.3 Å². The molecule has 1 rings (SSSR count). The van der Waals surface area contributed by atoms with Crippen molar-refractivity contribution in [1.82, 2.24) is 10.2 Å². The third-order valence-electron chi connectivity index (χ3n) is 3.07. The monoisotopic (exact) mass is 277 g/mol. The molecule has 1 aromatic carbocycles. The Morgan fingerprint density at radius 1 is 1.30 bits per heavy atom. The van der Waals surface area contributed by atoms with E-state index in [9.17, 15) is 0 Å². The molecule has 0 aromatic heterocycles. The maximum atomic E-state index is 5.33. The molecule has 0 heterocycles. The van der Waals surface area contributed by atoms with Gasteiger partial charge in [-0.3, -0.25) is 4.99 Å². The molecule has 0 unspecified atom stereocenters. The van der Waals surface area contributed by atoms with Crippen LogP contribution in [0, 0.1) is 6.92 Å². The highest BCUT2D eigenvalue weighted by Crippen LogP contribution is 2.09. The van der Waals surface area contributed by atoms with Gasteiger partial charge < -0.3 is 15.0 Å². The van der Waals surface area contributed by atoms with Gasteiger partial charge >= 0.3 is 0 Å². The van der Waals surface area contributed by atoms with Gasteiger partial charge in [0.15, 0.2) is 5.96 Å². The molecule has 0 atom stereocenters. The van der Waals surface area contributed by atoms with Gasteiger partial charge in [0.05, 0.1) is 13.2 Å². The van der Waals surface area contributed by atoms with E-state index in [1.54, 1.807) is 0 Å². The molecule has 0 radical (unpaired) electrons. The summed E-state index contributed by atoms with van der Waals surface area (Å²) in [6.07, 6.45) is 0. The molecule has 0 spiro atoms. The van der Waals surface area contributed by atoms with Gasteiger partial charge in [0.25, 0.3) is 0 Å². The summed E-state index contributed by atoms with van der Waals surface area (Å²) < 4.78 is 5.33. The molecule has 0 aliphatic heterocycles. The maximum absolute atomic E-state index is 5.33. The average molecular weight is 277 g/mol. The van der Waals surface area contributed by atoms with Crippen molar-refractivity contribution >= 4 is 5.96 Å². The lowest BCUT2D eigenvalue weighted by atomic mass is 10.1. The highest BCUT2D eigenvalue weighted by Gasteiger charge is 2.07. The second-order valence-corrected chi connectivity index (χ2v) is 4.72. The van der Waals surface area contributed by atoms with Crippen molar-refractivity contribution in [3.8, 4) is 0 Å². The first-order valence-corrected chi connectivity index (χ1v) is 7.30. The summed E-state index contributed by atoms with van der Waals surface area (Å²) in [4.78, 5) is 6.73. The fourth-order valence-corrected chi connectivity index (χ4v) is 1.95. The second kappa shape index (κ2) is 9.37. The number of rotatable bonds is 7. The molecule has 0 aliphatic rings. The predicted molar refractivity (Wildman–Crippen MR) is 85.1 cm³/mol. The molecule has 4 heteroatoms. The Morgan fingerprint density at radius 3 is 2.70 bits per heavy atom. The van der Waals surface area contributed by atoms with Crippen molar-refractivity contribution in [1.29, 1.82) is 0 Å². The Bertz CT molecular complexity index is 418. The largest absolute Gasteiger partial charge is 0.380 e. The lowest BCUT2D eigenvalue weighted by molar-refractivity contribution is 0.155. The van der Waals surface area contributed by atoms with Crippen molar-refractivity contribution in [3.63, 3.8) is 0 Å². The Morgan fingerprint density at radius 2 is 2.05 bits per heavy atom. The normalized spacial score (nSPS) is 11.5. The van der Waals surface area contributed by atoms with Crippen molar-refractivity contribution in [2.45, 2.75) is 27.3 Å². The highest BCUT2D eigenvalue weighted by molar-refractivity contribution is 5.79. The zero-order valence-electron chi connectivity index (χ0n) is 13.1. The summed E-state index contributed by atoms with van der Waals surface area (Å²) in [5, 5.41) is 3.32. The second-order valence-electron chi connectivity index (χ2n) is 4.72. The summed E-state index contributed by atoms with van der Waals surface area (Å²) in [5.41, 5.74) is 2.63. The molecule has 1 N–H and O–H groups in total. The first-order chi connectivity index (χ1) is 9.69. The third-order valence-corrected chi connectivity index (χ3v) is 3.07. The van der Waals surface area contributed by atoms with Gasteiger partial charge in [0.1, 0.15) is 0 Å². The molecule has 112 valence electrons. The molecule has 20 heavy (non-hydrogen) atoms. The molecule has 0 aliphatic carbocycles. The zero-order valence-corrected chi connectivity index (χ0v) is 13.1. The van der Waals surface area contributed by atoms with Crippen molar-refractivity contribution in [2.75, 3.05) is 33.4 Å². The van der Waals surface area contributed by atoms with Gasteiger partial charge in [-0.1, -0.05) is 24.3 Å². The number of ether oxygens (including phenoxy) is 1. The van der Waals surface area contributed by atoms with Gasteiger partial charge in [0, 0.05) is 26.7 Å². The van der Waals surface area contributed by atoms with Crippen LogP contribution in [0.1, 0.15) is 25.0 Å². The minimum atomic E-state index is 0.670. The van der Waals surface area contributed by atoms with Gasteiger partial charge in [-0.25, -0.2) is 0 Å². The van der Waals surface area contributed by atoms with E-state index in [-0.39, 0.29) is 0 Å². The molecule has 4 nitrogen and oxygen atoms in total. The van der Waals surface area contributed by atoms with Crippen LogP contribution in [0.25, 0.3) is 0 Å². The SMILES string of the molecule is CCNC(=NCCOCC)N(C)Cc1ccccc1C. The topological polar surface area (TPSA) is 36.9 Å². The van der Waals surface area contributed by atoms with Crippen molar-refractivity contribution in [2.24, 2.45) is 4.99 Å². The summed E-state index contributed by atoms with van der Waals surface area (Å²) in [6.45, 7) is 10.0. The molecule has 0 bridgehead atoms. The van der Waals surface area contributed by atoms with Crippen LogP contribution < -0.4 is 5.32 Å². The van der Waals surface area contributed by atoms with Crippen molar-refractivity contribution < 1.29 is 4.74 Å². The van der Waals surface area contributed by atoms with Crippen LogP contribution in [0.15, 0.2) is 29.3 Å². The number of guanidine groups is 1. The average Bonchev–Trinajstić information content (AvgIpc) is 2.44. The molecular weight excluding hydrogens is 250 g/mol. The van der Waals surface area contributed by atoms with Gasteiger partial charge in [-0.15, -0.1) is 0 Å². The third kappa shape index (κ3) is 5.61. The van der Waals surface area contributed by atoms with E-state index in [1.165, 1.54) is 11.1 Å². The fraction of sp³-hybridized carbons (Fsp3) is 0.562. The minimum Gasteiger partial charge on any atom is -0.380 e. The van der Waals surface area contributed by atoms with Crippen LogP contribution in [0.3, 0.4) is 0 Å². The number of aliphatic imine (C=N–C) groups is 1. The highest BCUT2D eigenvalue weighted by atomic mass is 16.5. The molecule has 0 saturated carbocycles. The van der Waals surface area contributed by atoms with Gasteiger partial charge in [-0.2, -0.15) is 0 Å². The fourth-order valence-electron chi connectivity index (χ4n) is 1.95. The summed E-state index contributed by atoms with van der Waals surface area (Å²) in [5.74, 6) is 0.926. The van der Waals surface area contributed by atoms with Gasteiger partial charge in [0.2, 0.25) is 0 Å². The number of benzene rings is 1. The Kier molecular flexibility index (Phi) is 7.73. The summed E-state index contributed by atoms with van der Waals surface area (Å²) in [6, 6.07) is 8.45. The number of nitrogens with zero attached hydrogens (tertiary/aromatic N) is 2. The first kappa shape index (κ1) is 16.5. The quantitative estimate of drug-likeness (QED) is 0.472. The van der Waals surface area contributed by atoms with E-state index >= 15 is 0 Å². The van der Waals surface area contributed by atoms with E-state index in [0.717, 1.165) is 25.7 Å². The van der Waals surface area contributed by atoms with E-state index in [0.29, 0.717) is 13.2 Å². The standard InChI is InChI=1S/C16H27N3O/c1-5-17-16(18-11-12-20-6-2)19(4)13-15-10-8-7-9-14(15)3/h7-10H,5-6,11-13H2,1-4H3,(H,17,18). The smallest absolute Gasteiger partial charge is 0.194 e. The maximum Gasteiger partial charge on any atom is 0.194 e. The molecule has 0 saturated heterocycles. The Labute approximate surface area is 122 Å². The minimum absolute atomic E-state index is 0.670. The van der Waals surface area contributed by atoms with Crippen LogP contribution in [-0.4, -0.2) is 44.2 Å². The van der Waals surface area contributed by atoms with Crippen LogP contribution >= 0.6 is 0 Å². The molecule has 0 amide bonds. The molecule has 0 fully saturated rings. The Hall–Kier alpha value is -1.55. The van der Waals surface area contributed by atoms with Gasteiger partial charge in [-0.05, 0) is 31.9 Å². The summed E-state index contributed by atoms with van der Waals surface area (Å²) >= 11 is 0. The van der Waals surface area contributed by atoms with Crippen LogP contribution in [0.2, 0.25) is 0 Å². The van der Waals surface area contributed by atoms with E-state index in [4.69, 9.17) is 4.74 Å². The predicted octanol–water partition coefficient (Wildman–Crippen LogP) is 2.43. The van der Waals surface area contributed by atoms with Crippen LogP contribution in [0.4, 0.5) is 0 Å². The Balaban J connectivity index is 2.63. The first-order valence-electron chi connectivity index (χ1n) is 7.30.